The van der Waals surface area contributed by atoms with E-state index >= 15 is 0 Å². The molecule has 1 aliphatic carbocycles. The second-order valence-electron chi connectivity index (χ2n) is 4.86. The molecule has 1 saturated carbocycles. The van der Waals surface area contributed by atoms with Crippen molar-refractivity contribution >= 4 is 0 Å². The summed E-state index contributed by atoms with van der Waals surface area (Å²) in [6.45, 7) is 0. The molecule has 1 heterocycles. The van der Waals surface area contributed by atoms with Gasteiger partial charge in [-0.25, -0.2) is 0 Å². The smallest absolute Gasteiger partial charge is 0.0753 e. The Balaban J connectivity index is 1.97. The third-order valence-corrected chi connectivity index (χ3v) is 3.75. The Morgan fingerprint density at radius 2 is 2.19 bits per heavy atom. The Labute approximate surface area is 97.4 Å². The van der Waals surface area contributed by atoms with Crippen LogP contribution in [0.3, 0.4) is 0 Å². The number of nitrogens with one attached hydrogen (secondary N) is 1. The van der Waals surface area contributed by atoms with Gasteiger partial charge in [0.05, 0.1) is 17.9 Å². The Hall–Kier alpha value is -0.900. The summed E-state index contributed by atoms with van der Waals surface area (Å²) in [6.07, 6.45) is 10.1. The van der Waals surface area contributed by atoms with E-state index in [1.165, 1.54) is 44.2 Å². The van der Waals surface area contributed by atoms with E-state index in [0.717, 1.165) is 5.92 Å². The lowest BCUT2D eigenvalue weighted by atomic mass is 9.84. The molecule has 0 spiro atoms. The van der Waals surface area contributed by atoms with Gasteiger partial charge < -0.3 is 5.32 Å². The topological polar surface area (TPSA) is 42.7 Å². The molecule has 1 fully saturated rings. The van der Waals surface area contributed by atoms with Crippen LogP contribution in [-0.4, -0.2) is 22.0 Å². The predicted molar refractivity (Wildman–Crippen MR) is 64.0 cm³/mol. The first-order chi connectivity index (χ1) is 7.81. The van der Waals surface area contributed by atoms with Gasteiger partial charge in [0.1, 0.15) is 0 Å². The maximum absolute atomic E-state index is 4.01. The zero-order valence-electron chi connectivity index (χ0n) is 10.3. The SMILES string of the molecule is CNC(CC1CCCCC1)c1cnnn1C. The molecule has 0 bridgehead atoms. The first-order valence-electron chi connectivity index (χ1n) is 6.33. The molecule has 1 aliphatic rings. The lowest BCUT2D eigenvalue weighted by Gasteiger charge is -2.26. The molecule has 1 unspecified atom stereocenters. The van der Waals surface area contributed by atoms with E-state index in [-0.39, 0.29) is 0 Å². The Morgan fingerprint density at radius 1 is 1.44 bits per heavy atom. The maximum atomic E-state index is 4.01. The zero-order chi connectivity index (χ0) is 11.4. The molecule has 1 atom stereocenters. The summed E-state index contributed by atoms with van der Waals surface area (Å²) >= 11 is 0. The van der Waals surface area contributed by atoms with Crippen molar-refractivity contribution in [2.75, 3.05) is 7.05 Å². The molecular weight excluding hydrogens is 200 g/mol. The van der Waals surface area contributed by atoms with Crippen LogP contribution in [0, 0.1) is 5.92 Å². The van der Waals surface area contributed by atoms with Crippen molar-refractivity contribution in [1.82, 2.24) is 20.3 Å². The third kappa shape index (κ3) is 2.61. The summed E-state index contributed by atoms with van der Waals surface area (Å²) in [5, 5.41) is 11.4. The lowest BCUT2D eigenvalue weighted by molar-refractivity contribution is 0.300. The molecule has 1 N–H and O–H groups in total. The zero-order valence-corrected chi connectivity index (χ0v) is 10.3. The van der Waals surface area contributed by atoms with Crippen molar-refractivity contribution in [3.8, 4) is 0 Å². The van der Waals surface area contributed by atoms with Crippen LogP contribution in [0.4, 0.5) is 0 Å². The third-order valence-electron chi connectivity index (χ3n) is 3.75. The van der Waals surface area contributed by atoms with Crippen LogP contribution in [0.5, 0.6) is 0 Å². The first-order valence-corrected chi connectivity index (χ1v) is 6.33. The van der Waals surface area contributed by atoms with E-state index in [1.807, 2.05) is 25.0 Å². The number of aromatic nitrogens is 3. The summed E-state index contributed by atoms with van der Waals surface area (Å²) in [4.78, 5) is 0. The van der Waals surface area contributed by atoms with Gasteiger partial charge in [-0.2, -0.15) is 0 Å². The van der Waals surface area contributed by atoms with Crippen molar-refractivity contribution in [3.05, 3.63) is 11.9 Å². The van der Waals surface area contributed by atoms with Gasteiger partial charge in [0.15, 0.2) is 0 Å². The van der Waals surface area contributed by atoms with E-state index in [2.05, 4.69) is 15.6 Å². The average Bonchev–Trinajstić information content (AvgIpc) is 2.74. The van der Waals surface area contributed by atoms with Gasteiger partial charge in [-0.1, -0.05) is 37.3 Å². The number of aryl methyl sites for hydroxylation is 1. The fraction of sp³-hybridized carbons (Fsp3) is 0.833. The molecule has 90 valence electrons. The minimum atomic E-state index is 0.406. The normalized spacial score (nSPS) is 19.9. The summed E-state index contributed by atoms with van der Waals surface area (Å²) in [5.74, 6) is 0.876. The Bertz CT molecular complexity index is 315. The van der Waals surface area contributed by atoms with Crippen molar-refractivity contribution in [3.63, 3.8) is 0 Å². The monoisotopic (exact) mass is 222 g/mol. The molecule has 4 heteroatoms. The molecule has 4 nitrogen and oxygen atoms in total. The van der Waals surface area contributed by atoms with E-state index in [9.17, 15) is 0 Å². The van der Waals surface area contributed by atoms with Crippen molar-refractivity contribution in [2.24, 2.45) is 13.0 Å². The fourth-order valence-corrected chi connectivity index (χ4v) is 2.76. The predicted octanol–water partition coefficient (Wildman–Crippen LogP) is 2.05. The van der Waals surface area contributed by atoms with Gasteiger partial charge in [0.25, 0.3) is 0 Å². The van der Waals surface area contributed by atoms with Crippen LogP contribution in [0.1, 0.15) is 50.3 Å². The average molecular weight is 222 g/mol. The summed E-state index contributed by atoms with van der Waals surface area (Å²) in [5.41, 5.74) is 1.20. The van der Waals surface area contributed by atoms with Gasteiger partial charge in [-0.3, -0.25) is 4.68 Å². The number of hydrogen-bond donors (Lipinski definition) is 1. The molecule has 0 aromatic carbocycles. The highest BCUT2D eigenvalue weighted by Gasteiger charge is 2.21. The van der Waals surface area contributed by atoms with Crippen molar-refractivity contribution in [1.29, 1.82) is 0 Å². The first kappa shape index (κ1) is 11.6. The molecule has 1 aromatic heterocycles. The van der Waals surface area contributed by atoms with Crippen LogP contribution in [0.25, 0.3) is 0 Å². The van der Waals surface area contributed by atoms with Gasteiger partial charge >= 0.3 is 0 Å². The van der Waals surface area contributed by atoms with E-state index in [1.54, 1.807) is 0 Å². The molecule has 1 aromatic rings. The molecular formula is C12H22N4. The summed E-state index contributed by atoms with van der Waals surface area (Å²) < 4.78 is 1.88. The fourth-order valence-electron chi connectivity index (χ4n) is 2.76. The summed E-state index contributed by atoms with van der Waals surface area (Å²) in [7, 11) is 3.99. The van der Waals surface area contributed by atoms with E-state index < -0.39 is 0 Å². The highest BCUT2D eigenvalue weighted by molar-refractivity contribution is 5.01. The van der Waals surface area contributed by atoms with Crippen LogP contribution < -0.4 is 5.32 Å². The molecule has 0 saturated heterocycles. The molecule has 16 heavy (non-hydrogen) atoms. The molecule has 2 rings (SSSR count). The number of rotatable bonds is 4. The van der Waals surface area contributed by atoms with E-state index in [4.69, 9.17) is 0 Å². The van der Waals surface area contributed by atoms with Crippen LogP contribution in [0.2, 0.25) is 0 Å². The molecule has 0 amide bonds. The molecule has 0 aliphatic heterocycles. The van der Waals surface area contributed by atoms with Gasteiger partial charge in [0.2, 0.25) is 0 Å². The Kier molecular flexibility index (Phi) is 3.93. The van der Waals surface area contributed by atoms with Crippen LogP contribution in [-0.2, 0) is 7.05 Å². The Morgan fingerprint density at radius 3 is 2.75 bits per heavy atom. The minimum Gasteiger partial charge on any atom is -0.312 e. The minimum absolute atomic E-state index is 0.406. The largest absolute Gasteiger partial charge is 0.312 e. The second kappa shape index (κ2) is 5.43. The maximum Gasteiger partial charge on any atom is 0.0753 e. The number of nitrogens with zero attached hydrogens (tertiary/aromatic N) is 3. The van der Waals surface area contributed by atoms with Crippen molar-refractivity contribution in [2.45, 2.75) is 44.6 Å². The molecule has 0 radical (unpaired) electrons. The van der Waals surface area contributed by atoms with Gasteiger partial charge in [0, 0.05) is 7.05 Å². The van der Waals surface area contributed by atoms with Crippen molar-refractivity contribution < 1.29 is 0 Å². The lowest BCUT2D eigenvalue weighted by Crippen LogP contribution is -2.23. The van der Waals surface area contributed by atoms with Gasteiger partial charge in [-0.05, 0) is 19.4 Å². The van der Waals surface area contributed by atoms with Gasteiger partial charge in [-0.15, -0.1) is 5.10 Å². The highest BCUT2D eigenvalue weighted by Crippen LogP contribution is 2.31. The van der Waals surface area contributed by atoms with E-state index in [0.29, 0.717) is 6.04 Å². The standard InChI is InChI=1S/C12H22N4/c1-13-11(12-9-14-15-16(12)2)8-10-6-4-3-5-7-10/h9-11,13H,3-8H2,1-2H3. The highest BCUT2D eigenvalue weighted by atomic mass is 15.4. The second-order valence-corrected chi connectivity index (χ2v) is 4.86. The summed E-state index contributed by atoms with van der Waals surface area (Å²) in [6, 6.07) is 0.406. The van der Waals surface area contributed by atoms with Crippen LogP contribution in [0.15, 0.2) is 6.20 Å². The quantitative estimate of drug-likeness (QED) is 0.847. The number of hydrogen-bond acceptors (Lipinski definition) is 3. The van der Waals surface area contributed by atoms with Crippen LogP contribution >= 0.6 is 0 Å².